The van der Waals surface area contributed by atoms with Crippen molar-refractivity contribution in [3.8, 4) is 0 Å². The van der Waals surface area contributed by atoms with E-state index in [0.717, 1.165) is 11.3 Å². The fourth-order valence-electron chi connectivity index (χ4n) is 1.39. The minimum Gasteiger partial charge on any atom is -0.342 e. The van der Waals surface area contributed by atoms with Crippen LogP contribution in [0, 0.1) is 6.92 Å². The van der Waals surface area contributed by atoms with Crippen LogP contribution in [-0.2, 0) is 4.79 Å². The molecule has 2 N–H and O–H groups in total. The van der Waals surface area contributed by atoms with Gasteiger partial charge in [0.25, 0.3) is 12.3 Å². The monoisotopic (exact) mass is 322 g/mol. The van der Waals surface area contributed by atoms with Crippen LogP contribution in [-0.4, -0.2) is 36.9 Å². The van der Waals surface area contributed by atoms with Crippen LogP contribution in [0.3, 0.4) is 0 Å². The fraction of sp³-hybridized carbons (Fsp3) is 0.417. The van der Waals surface area contributed by atoms with E-state index < -0.39 is 31.1 Å². The van der Waals surface area contributed by atoms with Gasteiger partial charge in [0.15, 0.2) is 5.78 Å². The highest BCUT2D eigenvalue weighted by molar-refractivity contribution is 7.16. The molecule has 0 bridgehead atoms. The second-order valence-electron chi connectivity index (χ2n) is 4.17. The first-order valence-corrected chi connectivity index (χ1v) is 6.65. The van der Waals surface area contributed by atoms with Crippen LogP contribution in [0.4, 0.5) is 13.2 Å². The number of hydrogen-bond donors (Lipinski definition) is 2. The second kappa shape index (κ2) is 7.21. The van der Waals surface area contributed by atoms with Gasteiger partial charge in [-0.1, -0.05) is 0 Å². The normalized spacial score (nSPS) is 12.1. The largest absolute Gasteiger partial charge is 0.342 e. The maximum atomic E-state index is 12.5. The lowest BCUT2D eigenvalue weighted by molar-refractivity contribution is -0.124. The number of halogens is 3. The molecule has 0 aromatic carbocycles. The standard InChI is InChI=1S/C12H13F3N2O3S/c1-5-3-7(6(2)18)21-9(5)12(20)16-4-8(19)17-11(15)10(13)14/h3,10-11H,4H2,1-2H3,(H,16,20)(H,17,19). The van der Waals surface area contributed by atoms with E-state index >= 15 is 0 Å². The van der Waals surface area contributed by atoms with Crippen LogP contribution in [0.1, 0.15) is 31.8 Å². The Balaban J connectivity index is 2.58. The molecule has 0 aliphatic rings. The Morgan fingerprint density at radius 1 is 1.29 bits per heavy atom. The number of carbonyl (C=O) groups is 3. The predicted octanol–water partition coefficient (Wildman–Crippen LogP) is 1.67. The van der Waals surface area contributed by atoms with Crippen LogP contribution < -0.4 is 10.6 Å². The average molecular weight is 322 g/mol. The van der Waals surface area contributed by atoms with Crippen molar-refractivity contribution in [2.75, 3.05) is 6.54 Å². The Bertz CT molecular complexity index is 560. The number of thiophene rings is 1. The van der Waals surface area contributed by atoms with Gasteiger partial charge in [0.2, 0.25) is 12.2 Å². The van der Waals surface area contributed by atoms with E-state index in [4.69, 9.17) is 0 Å². The second-order valence-corrected chi connectivity index (χ2v) is 5.22. The van der Waals surface area contributed by atoms with Gasteiger partial charge < -0.3 is 10.6 Å². The maximum absolute atomic E-state index is 12.5. The summed E-state index contributed by atoms with van der Waals surface area (Å²) in [5.41, 5.74) is 0.555. The minimum absolute atomic E-state index is 0.197. The lowest BCUT2D eigenvalue weighted by atomic mass is 10.2. The van der Waals surface area contributed by atoms with Crippen molar-refractivity contribution < 1.29 is 27.6 Å². The predicted molar refractivity (Wildman–Crippen MR) is 70.4 cm³/mol. The fourth-order valence-corrected chi connectivity index (χ4v) is 2.37. The minimum atomic E-state index is -3.33. The van der Waals surface area contributed by atoms with Gasteiger partial charge in [-0.25, -0.2) is 13.2 Å². The first-order valence-electron chi connectivity index (χ1n) is 5.83. The smallest absolute Gasteiger partial charge is 0.287 e. The molecule has 0 spiro atoms. The first-order chi connectivity index (χ1) is 9.72. The molecule has 1 heterocycles. The Morgan fingerprint density at radius 3 is 2.38 bits per heavy atom. The summed E-state index contributed by atoms with van der Waals surface area (Å²) in [5.74, 6) is -1.90. The van der Waals surface area contributed by atoms with Crippen molar-refractivity contribution in [1.29, 1.82) is 0 Å². The molecule has 0 aliphatic carbocycles. The van der Waals surface area contributed by atoms with Gasteiger partial charge in [-0.15, -0.1) is 11.3 Å². The average Bonchev–Trinajstić information content (AvgIpc) is 2.78. The summed E-state index contributed by atoms with van der Waals surface area (Å²) < 4.78 is 36.3. The number of amides is 2. The Labute approximate surface area is 122 Å². The number of carbonyl (C=O) groups excluding carboxylic acids is 3. The van der Waals surface area contributed by atoms with Crippen LogP contribution in [0.2, 0.25) is 0 Å². The summed E-state index contributed by atoms with van der Waals surface area (Å²) in [7, 11) is 0. The molecule has 1 aromatic heterocycles. The van der Waals surface area contributed by atoms with Crippen molar-refractivity contribution in [2.45, 2.75) is 26.6 Å². The van der Waals surface area contributed by atoms with E-state index in [2.05, 4.69) is 5.32 Å². The number of aryl methyl sites for hydroxylation is 1. The zero-order chi connectivity index (χ0) is 16.2. The molecule has 2 amide bonds. The maximum Gasteiger partial charge on any atom is 0.287 e. The molecule has 0 saturated carbocycles. The molecular weight excluding hydrogens is 309 g/mol. The first kappa shape index (κ1) is 17.2. The molecule has 0 radical (unpaired) electrons. The zero-order valence-corrected chi connectivity index (χ0v) is 12.0. The summed E-state index contributed by atoms with van der Waals surface area (Å²) in [6, 6.07) is 1.54. The number of rotatable bonds is 6. The van der Waals surface area contributed by atoms with Gasteiger partial charge in [-0.3, -0.25) is 14.4 Å². The molecule has 9 heteroatoms. The third-order valence-corrected chi connectivity index (χ3v) is 3.74. The highest BCUT2D eigenvalue weighted by Gasteiger charge is 2.22. The molecule has 1 unspecified atom stereocenters. The summed E-state index contributed by atoms with van der Waals surface area (Å²) in [4.78, 5) is 34.7. The van der Waals surface area contributed by atoms with Crippen molar-refractivity contribution in [2.24, 2.45) is 0 Å². The van der Waals surface area contributed by atoms with Crippen LogP contribution in [0.5, 0.6) is 0 Å². The van der Waals surface area contributed by atoms with Gasteiger partial charge in [0.1, 0.15) is 0 Å². The van der Waals surface area contributed by atoms with E-state index in [1.807, 2.05) is 0 Å². The molecule has 116 valence electrons. The quantitative estimate of drug-likeness (QED) is 0.618. The van der Waals surface area contributed by atoms with Crippen molar-refractivity contribution in [3.63, 3.8) is 0 Å². The zero-order valence-electron chi connectivity index (χ0n) is 11.2. The van der Waals surface area contributed by atoms with E-state index in [1.165, 1.54) is 18.3 Å². The van der Waals surface area contributed by atoms with Crippen molar-refractivity contribution in [1.82, 2.24) is 10.6 Å². The Hall–Kier alpha value is -1.90. The third kappa shape index (κ3) is 4.85. The van der Waals surface area contributed by atoms with E-state index in [-0.39, 0.29) is 10.7 Å². The van der Waals surface area contributed by atoms with Crippen LogP contribution in [0.25, 0.3) is 0 Å². The number of alkyl halides is 3. The highest BCUT2D eigenvalue weighted by atomic mass is 32.1. The molecular formula is C12H13F3N2O3S. The summed E-state index contributed by atoms with van der Waals surface area (Å²) in [6.45, 7) is 2.33. The van der Waals surface area contributed by atoms with E-state index in [9.17, 15) is 27.6 Å². The van der Waals surface area contributed by atoms with Gasteiger partial charge in [0.05, 0.1) is 16.3 Å². The highest BCUT2D eigenvalue weighted by Crippen LogP contribution is 2.22. The molecule has 1 rings (SSSR count). The van der Waals surface area contributed by atoms with Crippen molar-refractivity contribution >= 4 is 28.9 Å². The van der Waals surface area contributed by atoms with Gasteiger partial charge in [-0.2, -0.15) is 0 Å². The lowest BCUT2D eigenvalue weighted by Crippen LogP contribution is -2.42. The topological polar surface area (TPSA) is 75.3 Å². The SMILES string of the molecule is CC(=O)c1cc(C)c(C(=O)NCC(=O)NC(F)C(F)F)s1. The Kier molecular flexibility index (Phi) is 5.89. The van der Waals surface area contributed by atoms with E-state index in [1.54, 1.807) is 6.92 Å². The molecule has 0 saturated heterocycles. The van der Waals surface area contributed by atoms with Gasteiger partial charge >= 0.3 is 0 Å². The number of hydrogen-bond acceptors (Lipinski definition) is 4. The lowest BCUT2D eigenvalue weighted by Gasteiger charge is -2.10. The molecule has 0 fully saturated rings. The Morgan fingerprint density at radius 2 is 1.90 bits per heavy atom. The molecule has 21 heavy (non-hydrogen) atoms. The summed E-state index contributed by atoms with van der Waals surface area (Å²) in [5, 5.41) is 3.58. The van der Waals surface area contributed by atoms with Crippen LogP contribution >= 0.6 is 11.3 Å². The summed E-state index contributed by atoms with van der Waals surface area (Å²) in [6.07, 6.45) is -6.11. The summed E-state index contributed by atoms with van der Waals surface area (Å²) >= 11 is 0.959. The number of nitrogens with one attached hydrogen (secondary N) is 2. The van der Waals surface area contributed by atoms with E-state index in [0.29, 0.717) is 10.4 Å². The molecule has 5 nitrogen and oxygen atoms in total. The molecule has 1 atom stereocenters. The van der Waals surface area contributed by atoms with Crippen molar-refractivity contribution in [3.05, 3.63) is 21.4 Å². The molecule has 1 aromatic rings. The van der Waals surface area contributed by atoms with Gasteiger partial charge in [0, 0.05) is 0 Å². The third-order valence-electron chi connectivity index (χ3n) is 2.40. The van der Waals surface area contributed by atoms with Crippen LogP contribution in [0.15, 0.2) is 6.07 Å². The molecule has 0 aliphatic heterocycles. The van der Waals surface area contributed by atoms with Gasteiger partial charge in [-0.05, 0) is 25.5 Å². The number of ketones is 1. The number of Topliss-reactive ketones (excluding diaryl/α,β-unsaturated/α-hetero) is 1.